The Hall–Kier alpha value is -2.23. The monoisotopic (exact) mass is 233 g/mol. The average Bonchev–Trinajstić information content (AvgIpc) is 2.32. The minimum atomic E-state index is -0.410. The second kappa shape index (κ2) is 4.74. The molecule has 3 N–H and O–H groups in total. The summed E-state index contributed by atoms with van der Waals surface area (Å²) in [5.41, 5.74) is 6.50. The number of benzene rings is 2. The molecule has 0 aliphatic rings. The van der Waals surface area contributed by atoms with E-state index in [0.29, 0.717) is 5.69 Å². The van der Waals surface area contributed by atoms with Gasteiger partial charge in [-0.05, 0) is 29.8 Å². The lowest BCUT2D eigenvalue weighted by Gasteiger charge is -2.08. The zero-order chi connectivity index (χ0) is 12.3. The number of aromatic hydroxyl groups is 1. The molecule has 0 spiro atoms. The first-order chi connectivity index (χ1) is 8.16. The van der Waals surface area contributed by atoms with E-state index in [1.807, 2.05) is 0 Å². The van der Waals surface area contributed by atoms with Crippen LogP contribution in [0.1, 0.15) is 5.56 Å². The van der Waals surface area contributed by atoms with E-state index in [1.165, 1.54) is 12.1 Å². The van der Waals surface area contributed by atoms with Gasteiger partial charge in [0.05, 0.1) is 5.69 Å². The van der Waals surface area contributed by atoms with Crippen LogP contribution in [0.5, 0.6) is 11.5 Å². The number of phenolic OH excluding ortho intramolecular Hbond substituents is 1. The van der Waals surface area contributed by atoms with Crippen LogP contribution in [0, 0.1) is 5.82 Å². The lowest BCUT2D eigenvalue weighted by atomic mass is 10.2. The van der Waals surface area contributed by atoms with Crippen molar-refractivity contribution in [2.45, 2.75) is 6.61 Å². The number of nitrogen functional groups attached to an aromatic ring is 1. The smallest absolute Gasteiger partial charge is 0.165 e. The SMILES string of the molecule is Nc1ccc(COc2ccccc2F)cc1O. The van der Waals surface area contributed by atoms with E-state index in [2.05, 4.69) is 0 Å². The number of ether oxygens (including phenoxy) is 1. The molecular formula is C13H12FNO2. The first kappa shape index (κ1) is 11.3. The summed E-state index contributed by atoms with van der Waals surface area (Å²) in [5, 5.41) is 9.40. The highest BCUT2D eigenvalue weighted by Crippen LogP contribution is 2.22. The average molecular weight is 233 g/mol. The van der Waals surface area contributed by atoms with Crippen LogP contribution >= 0.6 is 0 Å². The largest absolute Gasteiger partial charge is 0.506 e. The predicted octanol–water partition coefficient (Wildman–Crippen LogP) is 2.69. The number of rotatable bonds is 3. The Balaban J connectivity index is 2.08. The van der Waals surface area contributed by atoms with Crippen LogP contribution in [-0.2, 0) is 6.61 Å². The van der Waals surface area contributed by atoms with Gasteiger partial charge in [-0.1, -0.05) is 18.2 Å². The van der Waals surface area contributed by atoms with Crippen molar-refractivity contribution in [3.05, 3.63) is 53.8 Å². The fraction of sp³-hybridized carbons (Fsp3) is 0.0769. The second-order valence-electron chi connectivity index (χ2n) is 3.61. The summed E-state index contributed by atoms with van der Waals surface area (Å²) >= 11 is 0. The molecule has 0 amide bonds. The Bertz CT molecular complexity index is 529. The number of hydrogen-bond acceptors (Lipinski definition) is 3. The maximum atomic E-state index is 13.2. The van der Waals surface area contributed by atoms with Crippen LogP contribution in [0.3, 0.4) is 0 Å². The van der Waals surface area contributed by atoms with Gasteiger partial charge in [0, 0.05) is 0 Å². The van der Waals surface area contributed by atoms with E-state index in [9.17, 15) is 9.50 Å². The fourth-order valence-corrected chi connectivity index (χ4v) is 1.40. The lowest BCUT2D eigenvalue weighted by Crippen LogP contribution is -1.97. The molecule has 4 heteroatoms. The molecule has 2 aromatic rings. The summed E-state index contributed by atoms with van der Waals surface area (Å²) in [7, 11) is 0. The predicted molar refractivity (Wildman–Crippen MR) is 63.3 cm³/mol. The summed E-state index contributed by atoms with van der Waals surface area (Å²) in [6, 6.07) is 11.0. The van der Waals surface area contributed by atoms with Gasteiger partial charge in [-0.25, -0.2) is 4.39 Å². The molecule has 2 aromatic carbocycles. The lowest BCUT2D eigenvalue weighted by molar-refractivity contribution is 0.290. The molecule has 0 aliphatic heterocycles. The summed E-state index contributed by atoms with van der Waals surface area (Å²) in [4.78, 5) is 0. The Morgan fingerprint density at radius 2 is 1.94 bits per heavy atom. The van der Waals surface area contributed by atoms with Gasteiger partial charge in [0.2, 0.25) is 0 Å². The highest BCUT2D eigenvalue weighted by Gasteiger charge is 2.03. The summed E-state index contributed by atoms with van der Waals surface area (Å²) in [6.45, 7) is 0.175. The second-order valence-corrected chi connectivity index (χ2v) is 3.61. The molecule has 0 fully saturated rings. The van der Waals surface area contributed by atoms with Crippen LogP contribution in [0.4, 0.5) is 10.1 Å². The summed E-state index contributed by atoms with van der Waals surface area (Å²) in [6.07, 6.45) is 0. The Morgan fingerprint density at radius 1 is 1.18 bits per heavy atom. The number of para-hydroxylation sites is 1. The van der Waals surface area contributed by atoms with Crippen molar-refractivity contribution in [2.75, 3.05) is 5.73 Å². The first-order valence-electron chi connectivity index (χ1n) is 5.11. The highest BCUT2D eigenvalue weighted by atomic mass is 19.1. The van der Waals surface area contributed by atoms with E-state index in [0.717, 1.165) is 5.56 Å². The standard InChI is InChI=1S/C13H12FNO2/c14-10-3-1-2-4-13(10)17-8-9-5-6-11(15)12(16)7-9/h1-7,16H,8,15H2. The maximum Gasteiger partial charge on any atom is 0.165 e. The zero-order valence-corrected chi connectivity index (χ0v) is 9.06. The number of hydrogen-bond donors (Lipinski definition) is 2. The third-order valence-corrected chi connectivity index (χ3v) is 2.33. The number of anilines is 1. The maximum absolute atomic E-state index is 13.2. The van der Waals surface area contributed by atoms with Crippen molar-refractivity contribution in [3.63, 3.8) is 0 Å². The van der Waals surface area contributed by atoms with Crippen LogP contribution in [0.2, 0.25) is 0 Å². The molecule has 0 aliphatic carbocycles. The van der Waals surface area contributed by atoms with Gasteiger partial charge in [0.1, 0.15) is 12.4 Å². The van der Waals surface area contributed by atoms with Crippen molar-refractivity contribution in [2.24, 2.45) is 0 Å². The molecule has 0 unspecified atom stereocenters. The van der Waals surface area contributed by atoms with E-state index >= 15 is 0 Å². The topological polar surface area (TPSA) is 55.5 Å². The van der Waals surface area contributed by atoms with E-state index in [-0.39, 0.29) is 18.1 Å². The third kappa shape index (κ3) is 2.66. The van der Waals surface area contributed by atoms with Gasteiger partial charge in [-0.3, -0.25) is 0 Å². The number of nitrogens with two attached hydrogens (primary N) is 1. The van der Waals surface area contributed by atoms with Gasteiger partial charge >= 0.3 is 0 Å². The van der Waals surface area contributed by atoms with Crippen LogP contribution in [0.15, 0.2) is 42.5 Å². The van der Waals surface area contributed by atoms with E-state index in [4.69, 9.17) is 10.5 Å². The van der Waals surface area contributed by atoms with Crippen LogP contribution in [-0.4, -0.2) is 5.11 Å². The third-order valence-electron chi connectivity index (χ3n) is 2.33. The molecule has 0 bridgehead atoms. The minimum absolute atomic E-state index is 0.000339. The van der Waals surface area contributed by atoms with E-state index < -0.39 is 5.82 Å². The molecule has 17 heavy (non-hydrogen) atoms. The van der Waals surface area contributed by atoms with Crippen LogP contribution < -0.4 is 10.5 Å². The van der Waals surface area contributed by atoms with Crippen LogP contribution in [0.25, 0.3) is 0 Å². The van der Waals surface area contributed by atoms with Gasteiger partial charge in [-0.2, -0.15) is 0 Å². The molecule has 0 atom stereocenters. The zero-order valence-electron chi connectivity index (χ0n) is 9.06. The molecule has 0 aromatic heterocycles. The number of phenols is 1. The van der Waals surface area contributed by atoms with E-state index in [1.54, 1.807) is 30.3 Å². The molecule has 88 valence electrons. The normalized spacial score (nSPS) is 10.2. The van der Waals surface area contributed by atoms with Crippen molar-refractivity contribution in [1.82, 2.24) is 0 Å². The van der Waals surface area contributed by atoms with Crippen molar-refractivity contribution >= 4 is 5.69 Å². The number of halogens is 1. The molecule has 0 saturated carbocycles. The van der Waals surface area contributed by atoms with Gasteiger partial charge in [0.25, 0.3) is 0 Å². The molecule has 3 nitrogen and oxygen atoms in total. The quantitative estimate of drug-likeness (QED) is 0.633. The minimum Gasteiger partial charge on any atom is -0.506 e. The summed E-state index contributed by atoms with van der Waals surface area (Å²) in [5.74, 6) is -0.226. The molecule has 0 heterocycles. The highest BCUT2D eigenvalue weighted by molar-refractivity contribution is 5.52. The first-order valence-corrected chi connectivity index (χ1v) is 5.11. The Labute approximate surface area is 98.3 Å². The molecule has 0 saturated heterocycles. The molecular weight excluding hydrogens is 221 g/mol. The molecule has 0 radical (unpaired) electrons. The van der Waals surface area contributed by atoms with Gasteiger partial charge in [-0.15, -0.1) is 0 Å². The van der Waals surface area contributed by atoms with Crippen molar-refractivity contribution in [1.29, 1.82) is 0 Å². The fourth-order valence-electron chi connectivity index (χ4n) is 1.40. The van der Waals surface area contributed by atoms with Crippen molar-refractivity contribution < 1.29 is 14.2 Å². The summed E-state index contributed by atoms with van der Waals surface area (Å²) < 4.78 is 18.5. The Morgan fingerprint density at radius 3 is 2.65 bits per heavy atom. The Kier molecular flexibility index (Phi) is 3.14. The van der Waals surface area contributed by atoms with Gasteiger partial charge in [0.15, 0.2) is 11.6 Å². The van der Waals surface area contributed by atoms with Gasteiger partial charge < -0.3 is 15.6 Å². The molecule has 2 rings (SSSR count). The van der Waals surface area contributed by atoms with Crippen molar-refractivity contribution in [3.8, 4) is 11.5 Å².